The predicted octanol–water partition coefficient (Wildman–Crippen LogP) is 4.91. The summed E-state index contributed by atoms with van der Waals surface area (Å²) in [7, 11) is 0. The number of hydrogen-bond donors (Lipinski definition) is 0. The summed E-state index contributed by atoms with van der Waals surface area (Å²) in [5, 5.41) is 0. The van der Waals surface area contributed by atoms with Gasteiger partial charge in [-0.3, -0.25) is 4.79 Å². The molecule has 0 unspecified atom stereocenters. The first-order valence-corrected chi connectivity index (χ1v) is 8.53. The van der Waals surface area contributed by atoms with Gasteiger partial charge in [-0.15, -0.1) is 11.8 Å². The molecule has 0 saturated carbocycles. The highest BCUT2D eigenvalue weighted by Gasteiger charge is 2.12. The van der Waals surface area contributed by atoms with Crippen LogP contribution in [-0.4, -0.2) is 11.5 Å². The molecule has 0 spiro atoms. The highest BCUT2D eigenvalue weighted by Crippen LogP contribution is 2.28. The van der Waals surface area contributed by atoms with Crippen LogP contribution in [-0.2, 0) is 12.8 Å². The second-order valence-corrected chi connectivity index (χ2v) is 6.97. The van der Waals surface area contributed by atoms with E-state index in [2.05, 4.69) is 34.1 Å². The van der Waals surface area contributed by atoms with Crippen molar-refractivity contribution in [3.63, 3.8) is 0 Å². The second kappa shape index (κ2) is 6.15. The van der Waals surface area contributed by atoms with Gasteiger partial charge in [0, 0.05) is 14.9 Å². The van der Waals surface area contributed by atoms with Crippen LogP contribution in [0.1, 0.15) is 27.9 Å². The van der Waals surface area contributed by atoms with Crippen LogP contribution in [0.5, 0.6) is 0 Å². The van der Waals surface area contributed by atoms with Crippen molar-refractivity contribution in [2.45, 2.75) is 24.2 Å². The molecule has 0 heterocycles. The molecule has 0 radical (unpaired) electrons. The zero-order valence-corrected chi connectivity index (χ0v) is 13.5. The molecule has 0 N–H and O–H groups in total. The van der Waals surface area contributed by atoms with Crippen molar-refractivity contribution < 1.29 is 4.79 Å². The normalized spacial score (nSPS) is 13.2. The zero-order valence-electron chi connectivity index (χ0n) is 11.1. The predicted molar refractivity (Wildman–Crippen MR) is 87.7 cm³/mol. The maximum atomic E-state index is 12.1. The third kappa shape index (κ3) is 3.15. The number of fused-ring (bicyclic) bond motifs is 1. The number of halogens is 1. The van der Waals surface area contributed by atoms with E-state index in [0.717, 1.165) is 10.0 Å². The van der Waals surface area contributed by atoms with Crippen LogP contribution in [0.3, 0.4) is 0 Å². The summed E-state index contributed by atoms with van der Waals surface area (Å²) in [6.45, 7) is 0. The van der Waals surface area contributed by atoms with Crippen LogP contribution in [0.2, 0.25) is 0 Å². The van der Waals surface area contributed by atoms with Gasteiger partial charge < -0.3 is 0 Å². The van der Waals surface area contributed by atoms with Crippen molar-refractivity contribution in [1.29, 1.82) is 0 Å². The van der Waals surface area contributed by atoms with E-state index in [4.69, 9.17) is 0 Å². The van der Waals surface area contributed by atoms with Crippen LogP contribution in [0.4, 0.5) is 0 Å². The van der Waals surface area contributed by atoms with Crippen molar-refractivity contribution >= 4 is 33.5 Å². The van der Waals surface area contributed by atoms with Crippen LogP contribution in [0.25, 0.3) is 0 Å². The highest BCUT2D eigenvalue weighted by molar-refractivity contribution is 9.10. The third-order valence-electron chi connectivity index (χ3n) is 3.61. The van der Waals surface area contributed by atoms with E-state index in [0.29, 0.717) is 5.75 Å². The molecule has 1 aliphatic rings. The van der Waals surface area contributed by atoms with E-state index >= 15 is 0 Å². The molecule has 2 aromatic rings. The van der Waals surface area contributed by atoms with Gasteiger partial charge in [0.05, 0.1) is 5.75 Å². The fourth-order valence-corrected chi connectivity index (χ4v) is 3.62. The Bertz CT molecular complexity index is 634. The number of carbonyl (C=O) groups excluding carboxylic acids is 1. The molecule has 1 aliphatic carbocycles. The number of hydrogen-bond acceptors (Lipinski definition) is 2. The minimum atomic E-state index is 0.183. The second-order valence-electron chi connectivity index (χ2n) is 5.00. The number of carbonyl (C=O) groups is 1. The van der Waals surface area contributed by atoms with Crippen LogP contribution >= 0.6 is 27.7 Å². The lowest BCUT2D eigenvalue weighted by Gasteiger charge is -2.05. The Kier molecular flexibility index (Phi) is 4.27. The standard InChI is InChI=1S/C17H15BrOS/c18-15-7-4-13(5-8-15)17(19)11-20-16-9-6-12-2-1-3-14(12)10-16/h4-10H,1-3,11H2. The summed E-state index contributed by atoms with van der Waals surface area (Å²) in [5.74, 6) is 0.684. The summed E-state index contributed by atoms with van der Waals surface area (Å²) in [5.41, 5.74) is 3.72. The maximum Gasteiger partial charge on any atom is 0.173 e. The maximum absolute atomic E-state index is 12.1. The van der Waals surface area contributed by atoms with Crippen molar-refractivity contribution in [3.05, 3.63) is 63.6 Å². The zero-order chi connectivity index (χ0) is 13.9. The smallest absolute Gasteiger partial charge is 0.173 e. The molecule has 3 rings (SSSR count). The lowest BCUT2D eigenvalue weighted by Crippen LogP contribution is -2.01. The van der Waals surface area contributed by atoms with Crippen molar-refractivity contribution in [1.82, 2.24) is 0 Å². The van der Waals surface area contributed by atoms with Gasteiger partial charge in [-0.1, -0.05) is 34.1 Å². The minimum Gasteiger partial charge on any atom is -0.293 e. The summed E-state index contributed by atoms with van der Waals surface area (Å²) in [4.78, 5) is 13.3. The lowest BCUT2D eigenvalue weighted by atomic mass is 10.1. The molecule has 0 atom stereocenters. The Balaban J connectivity index is 1.64. The Morgan fingerprint density at radius 3 is 2.60 bits per heavy atom. The van der Waals surface area contributed by atoms with Crippen molar-refractivity contribution in [3.8, 4) is 0 Å². The van der Waals surface area contributed by atoms with Crippen LogP contribution in [0, 0.1) is 0 Å². The van der Waals surface area contributed by atoms with Gasteiger partial charge in [-0.2, -0.15) is 0 Å². The summed E-state index contributed by atoms with van der Waals surface area (Å²) >= 11 is 5.01. The number of benzene rings is 2. The topological polar surface area (TPSA) is 17.1 Å². The SMILES string of the molecule is O=C(CSc1ccc2c(c1)CCC2)c1ccc(Br)cc1. The fourth-order valence-electron chi connectivity index (χ4n) is 2.51. The first-order chi connectivity index (χ1) is 9.72. The Hall–Kier alpha value is -1.06. The summed E-state index contributed by atoms with van der Waals surface area (Å²) in [6.07, 6.45) is 3.66. The van der Waals surface area contributed by atoms with Gasteiger partial charge >= 0.3 is 0 Å². The molecular weight excluding hydrogens is 332 g/mol. The molecule has 20 heavy (non-hydrogen) atoms. The molecule has 0 aromatic heterocycles. The van der Waals surface area contributed by atoms with Crippen LogP contribution in [0.15, 0.2) is 51.8 Å². The average molecular weight is 347 g/mol. The van der Waals surface area contributed by atoms with Gasteiger partial charge in [-0.25, -0.2) is 0 Å². The molecule has 3 heteroatoms. The van der Waals surface area contributed by atoms with Gasteiger partial charge in [0.1, 0.15) is 0 Å². The first kappa shape index (κ1) is 13.9. The van der Waals surface area contributed by atoms with Gasteiger partial charge in [0.15, 0.2) is 5.78 Å². The fraction of sp³-hybridized carbons (Fsp3) is 0.235. The largest absolute Gasteiger partial charge is 0.293 e. The average Bonchev–Trinajstić information content (AvgIpc) is 2.93. The molecule has 1 nitrogen and oxygen atoms in total. The van der Waals surface area contributed by atoms with E-state index < -0.39 is 0 Å². The highest BCUT2D eigenvalue weighted by atomic mass is 79.9. The molecule has 0 amide bonds. The molecule has 0 bridgehead atoms. The van der Waals surface area contributed by atoms with Gasteiger partial charge in [0.25, 0.3) is 0 Å². The quantitative estimate of drug-likeness (QED) is 0.577. The molecule has 102 valence electrons. The number of Topliss-reactive ketones (excluding diaryl/α,β-unsaturated/α-hetero) is 1. The van der Waals surface area contributed by atoms with E-state index in [1.54, 1.807) is 11.8 Å². The van der Waals surface area contributed by atoms with E-state index in [-0.39, 0.29) is 5.78 Å². The van der Waals surface area contributed by atoms with Crippen molar-refractivity contribution in [2.24, 2.45) is 0 Å². The third-order valence-corrected chi connectivity index (χ3v) is 5.13. The van der Waals surface area contributed by atoms with Crippen molar-refractivity contribution in [2.75, 3.05) is 5.75 Å². The van der Waals surface area contributed by atoms with E-state index in [1.807, 2.05) is 24.3 Å². The van der Waals surface area contributed by atoms with E-state index in [1.165, 1.54) is 35.3 Å². The summed E-state index contributed by atoms with van der Waals surface area (Å²) < 4.78 is 1.00. The minimum absolute atomic E-state index is 0.183. The number of thioether (sulfide) groups is 1. The molecule has 0 fully saturated rings. The number of ketones is 1. The molecule has 0 aliphatic heterocycles. The first-order valence-electron chi connectivity index (χ1n) is 6.76. The molecular formula is C17H15BrOS. The summed E-state index contributed by atoms with van der Waals surface area (Å²) in [6, 6.07) is 14.2. The number of rotatable bonds is 4. The monoisotopic (exact) mass is 346 g/mol. The van der Waals surface area contributed by atoms with Crippen LogP contribution < -0.4 is 0 Å². The number of aryl methyl sites for hydroxylation is 2. The Labute approximate surface area is 131 Å². The lowest BCUT2D eigenvalue weighted by molar-refractivity contribution is 0.102. The molecule has 2 aromatic carbocycles. The van der Waals surface area contributed by atoms with Gasteiger partial charge in [0.2, 0.25) is 0 Å². The Morgan fingerprint density at radius 1 is 1.05 bits per heavy atom. The van der Waals surface area contributed by atoms with Gasteiger partial charge in [-0.05, 0) is 54.7 Å². The molecule has 0 saturated heterocycles. The van der Waals surface area contributed by atoms with E-state index in [9.17, 15) is 4.79 Å². The Morgan fingerprint density at radius 2 is 1.80 bits per heavy atom.